The molecular formula is C9H11BrN2O5S2. The minimum absolute atomic E-state index is 0.0680. The van der Waals surface area contributed by atoms with Crippen LogP contribution in [0.4, 0.5) is 0 Å². The van der Waals surface area contributed by atoms with Gasteiger partial charge in [-0.15, -0.1) is 11.3 Å². The molecular weight excluding hydrogens is 360 g/mol. The molecule has 0 spiro atoms. The zero-order chi connectivity index (χ0) is 14.6. The van der Waals surface area contributed by atoms with Gasteiger partial charge < -0.3 is 10.4 Å². The average molecular weight is 371 g/mol. The van der Waals surface area contributed by atoms with Crippen molar-refractivity contribution in [2.45, 2.75) is 17.2 Å². The summed E-state index contributed by atoms with van der Waals surface area (Å²) in [5, 5.41) is 10.7. The highest BCUT2D eigenvalue weighted by Crippen LogP contribution is 2.25. The van der Waals surface area contributed by atoms with Crippen LogP contribution in [-0.2, 0) is 19.6 Å². The van der Waals surface area contributed by atoms with E-state index in [-0.39, 0.29) is 4.21 Å². The van der Waals surface area contributed by atoms with Gasteiger partial charge in [0.15, 0.2) is 0 Å². The smallest absolute Gasteiger partial charge is 0.325 e. The number of thiophene rings is 1. The summed E-state index contributed by atoms with van der Waals surface area (Å²) in [5.74, 6) is -1.91. The Morgan fingerprint density at radius 3 is 2.58 bits per heavy atom. The third-order valence-electron chi connectivity index (χ3n) is 1.98. The molecule has 1 amide bonds. The zero-order valence-corrected chi connectivity index (χ0v) is 12.9. The Morgan fingerprint density at radius 1 is 1.47 bits per heavy atom. The summed E-state index contributed by atoms with van der Waals surface area (Å²) in [4.78, 5) is 21.8. The Labute approximate surface area is 122 Å². The van der Waals surface area contributed by atoms with Gasteiger partial charge in [0.1, 0.15) is 10.3 Å². The van der Waals surface area contributed by atoms with Gasteiger partial charge in [0.2, 0.25) is 5.91 Å². The fourth-order valence-electron chi connectivity index (χ4n) is 1.03. The Kier molecular flexibility index (Phi) is 5.47. The van der Waals surface area contributed by atoms with Crippen LogP contribution in [0.5, 0.6) is 0 Å². The average Bonchev–Trinajstić information content (AvgIpc) is 2.74. The van der Waals surface area contributed by atoms with Crippen molar-refractivity contribution in [3.8, 4) is 0 Å². The highest BCUT2D eigenvalue weighted by Gasteiger charge is 2.19. The van der Waals surface area contributed by atoms with Crippen molar-refractivity contribution in [2.75, 3.05) is 6.54 Å². The summed E-state index contributed by atoms with van der Waals surface area (Å²) < 4.78 is 26.3. The molecule has 1 rings (SSSR count). The molecule has 1 heterocycles. The van der Waals surface area contributed by atoms with Crippen LogP contribution < -0.4 is 10.0 Å². The van der Waals surface area contributed by atoms with Crippen LogP contribution in [0.25, 0.3) is 0 Å². The zero-order valence-electron chi connectivity index (χ0n) is 9.71. The molecule has 1 aromatic rings. The Hall–Kier alpha value is -0.970. The molecule has 0 saturated carbocycles. The molecule has 0 saturated heterocycles. The summed E-state index contributed by atoms with van der Waals surface area (Å²) in [5.41, 5.74) is 0. The number of carboxylic acid groups (broad SMARTS) is 1. The van der Waals surface area contributed by atoms with E-state index >= 15 is 0 Å². The van der Waals surface area contributed by atoms with Gasteiger partial charge in [-0.05, 0) is 35.0 Å². The van der Waals surface area contributed by atoms with Gasteiger partial charge in [0, 0.05) is 0 Å². The fraction of sp³-hybridized carbons (Fsp3) is 0.333. The number of sulfonamides is 1. The lowest BCUT2D eigenvalue weighted by molar-refractivity contribution is -0.141. The summed E-state index contributed by atoms with van der Waals surface area (Å²) in [6, 6.07) is 1.90. The molecule has 19 heavy (non-hydrogen) atoms. The first-order chi connectivity index (χ1) is 8.72. The van der Waals surface area contributed by atoms with E-state index in [4.69, 9.17) is 5.11 Å². The van der Waals surface area contributed by atoms with Gasteiger partial charge in [-0.1, -0.05) is 0 Å². The maximum atomic E-state index is 11.8. The molecule has 1 aromatic heterocycles. The lowest BCUT2D eigenvalue weighted by Gasteiger charge is -2.09. The van der Waals surface area contributed by atoms with Crippen LogP contribution in [0.3, 0.4) is 0 Å². The van der Waals surface area contributed by atoms with E-state index in [2.05, 4.69) is 26.0 Å². The topological polar surface area (TPSA) is 113 Å². The molecule has 0 aliphatic rings. The van der Waals surface area contributed by atoms with Gasteiger partial charge in [-0.2, -0.15) is 0 Å². The Bertz CT molecular complexity index is 583. The second-order valence-electron chi connectivity index (χ2n) is 3.51. The molecule has 0 aliphatic carbocycles. The van der Waals surface area contributed by atoms with Gasteiger partial charge in [-0.25, -0.2) is 13.1 Å². The number of aliphatic carboxylic acids is 1. The molecule has 0 aromatic carbocycles. The highest BCUT2D eigenvalue weighted by atomic mass is 79.9. The number of halogens is 1. The first-order valence-electron chi connectivity index (χ1n) is 4.99. The SMILES string of the molecule is C[C@@H](NC(=O)CNS(=O)(=O)c1ccc(Br)s1)C(=O)O. The van der Waals surface area contributed by atoms with Crippen molar-refractivity contribution in [2.24, 2.45) is 0 Å². The number of rotatable bonds is 6. The Balaban J connectivity index is 2.57. The number of hydrogen-bond acceptors (Lipinski definition) is 5. The standard InChI is InChI=1S/C9H11BrN2O5S2/c1-5(9(14)15)12-7(13)4-11-19(16,17)8-3-2-6(10)18-8/h2-3,5,11H,4H2,1H3,(H,12,13)(H,14,15)/t5-/m1/s1. The van der Waals surface area contributed by atoms with Crippen molar-refractivity contribution in [1.82, 2.24) is 10.0 Å². The van der Waals surface area contributed by atoms with Gasteiger partial charge in [-0.3, -0.25) is 9.59 Å². The molecule has 0 aliphatic heterocycles. The second kappa shape index (κ2) is 6.46. The maximum Gasteiger partial charge on any atom is 0.325 e. The summed E-state index contributed by atoms with van der Waals surface area (Å²) in [7, 11) is -3.76. The van der Waals surface area contributed by atoms with Crippen molar-refractivity contribution in [3.63, 3.8) is 0 Å². The van der Waals surface area contributed by atoms with Crippen LogP contribution in [0, 0.1) is 0 Å². The van der Waals surface area contributed by atoms with E-state index in [1.54, 1.807) is 6.07 Å². The minimum atomic E-state index is -3.76. The molecule has 0 unspecified atom stereocenters. The molecule has 1 atom stereocenters. The monoisotopic (exact) mass is 370 g/mol. The van der Waals surface area contributed by atoms with E-state index in [0.29, 0.717) is 3.79 Å². The summed E-state index contributed by atoms with van der Waals surface area (Å²) in [6.07, 6.45) is 0. The highest BCUT2D eigenvalue weighted by molar-refractivity contribution is 9.11. The number of hydrogen-bond donors (Lipinski definition) is 3. The van der Waals surface area contributed by atoms with E-state index in [1.165, 1.54) is 13.0 Å². The lowest BCUT2D eigenvalue weighted by Crippen LogP contribution is -2.43. The molecule has 7 nitrogen and oxygen atoms in total. The van der Waals surface area contributed by atoms with Crippen molar-refractivity contribution in [3.05, 3.63) is 15.9 Å². The van der Waals surface area contributed by atoms with E-state index in [9.17, 15) is 18.0 Å². The number of carbonyl (C=O) groups excluding carboxylic acids is 1. The minimum Gasteiger partial charge on any atom is -0.480 e. The predicted molar refractivity (Wildman–Crippen MR) is 72.4 cm³/mol. The van der Waals surface area contributed by atoms with Crippen LogP contribution in [-0.4, -0.2) is 38.0 Å². The molecule has 0 fully saturated rings. The largest absolute Gasteiger partial charge is 0.480 e. The molecule has 10 heteroatoms. The lowest BCUT2D eigenvalue weighted by atomic mass is 10.3. The van der Waals surface area contributed by atoms with Crippen molar-refractivity contribution >= 4 is 49.2 Å². The van der Waals surface area contributed by atoms with Gasteiger partial charge in [0.05, 0.1) is 10.3 Å². The molecule has 106 valence electrons. The van der Waals surface area contributed by atoms with Crippen LogP contribution in [0.15, 0.2) is 20.1 Å². The second-order valence-corrected chi connectivity index (χ2v) is 7.97. The maximum absolute atomic E-state index is 11.8. The number of amides is 1. The molecule has 0 radical (unpaired) electrons. The third-order valence-corrected chi connectivity index (χ3v) is 5.50. The van der Waals surface area contributed by atoms with Crippen LogP contribution in [0.2, 0.25) is 0 Å². The molecule has 0 bridgehead atoms. The first-order valence-corrected chi connectivity index (χ1v) is 8.09. The summed E-state index contributed by atoms with van der Waals surface area (Å²) >= 11 is 4.14. The number of nitrogens with one attached hydrogen (secondary N) is 2. The van der Waals surface area contributed by atoms with Crippen molar-refractivity contribution < 1.29 is 23.1 Å². The normalized spacial score (nSPS) is 12.9. The number of carboxylic acids is 1. The van der Waals surface area contributed by atoms with Gasteiger partial charge >= 0.3 is 5.97 Å². The molecule has 3 N–H and O–H groups in total. The van der Waals surface area contributed by atoms with Crippen molar-refractivity contribution in [1.29, 1.82) is 0 Å². The first kappa shape index (κ1) is 16.1. The predicted octanol–water partition coefficient (Wildman–Crippen LogP) is 0.378. The van der Waals surface area contributed by atoms with Crippen LogP contribution >= 0.6 is 27.3 Å². The number of carbonyl (C=O) groups is 2. The quantitative estimate of drug-likeness (QED) is 0.669. The van der Waals surface area contributed by atoms with E-state index in [1.807, 2.05) is 0 Å². The van der Waals surface area contributed by atoms with Gasteiger partial charge in [0.25, 0.3) is 10.0 Å². The van der Waals surface area contributed by atoms with E-state index in [0.717, 1.165) is 11.3 Å². The summed E-state index contributed by atoms with van der Waals surface area (Å²) in [6.45, 7) is 0.764. The van der Waals surface area contributed by atoms with Crippen LogP contribution in [0.1, 0.15) is 6.92 Å². The Morgan fingerprint density at radius 2 is 2.11 bits per heavy atom. The fourth-order valence-corrected chi connectivity index (χ4v) is 4.06. The third kappa shape index (κ3) is 4.90. The van der Waals surface area contributed by atoms with E-state index < -0.39 is 34.5 Å².